The van der Waals surface area contributed by atoms with Crippen LogP contribution < -0.4 is 10.6 Å². The Hall–Kier alpha value is -2.81. The molecule has 9 heteroatoms. The molecule has 0 spiro atoms. The van der Waals surface area contributed by atoms with Gasteiger partial charge in [0.05, 0.1) is 10.5 Å². The fraction of sp³-hybridized carbons (Fsp3) is 0.176. The molecule has 2 N–H and O–H groups in total. The van der Waals surface area contributed by atoms with Crippen molar-refractivity contribution < 1.29 is 26.8 Å². The van der Waals surface area contributed by atoms with Crippen molar-refractivity contribution in [1.82, 2.24) is 0 Å². The van der Waals surface area contributed by atoms with E-state index in [1.165, 1.54) is 24.3 Å². The summed E-state index contributed by atoms with van der Waals surface area (Å²) in [5, 5.41) is 5.21. The van der Waals surface area contributed by atoms with Gasteiger partial charge in [-0.15, -0.1) is 0 Å². The average Bonchev–Trinajstić information content (AvgIpc) is 2.61. The van der Waals surface area contributed by atoms with Gasteiger partial charge in [-0.3, -0.25) is 9.59 Å². The van der Waals surface area contributed by atoms with Gasteiger partial charge in [-0.2, -0.15) is 8.78 Å². The van der Waals surface area contributed by atoms with Crippen LogP contribution in [-0.4, -0.2) is 26.0 Å². The summed E-state index contributed by atoms with van der Waals surface area (Å²) >= 11 is 0. The number of rotatable bonds is 4. The minimum atomic E-state index is -4.91. The van der Waals surface area contributed by atoms with Crippen LogP contribution in [0.5, 0.6) is 0 Å². The van der Waals surface area contributed by atoms with Gasteiger partial charge < -0.3 is 10.6 Å². The Morgan fingerprint density at radius 2 is 1.85 bits per heavy atom. The molecule has 2 aromatic carbocycles. The van der Waals surface area contributed by atoms with Crippen molar-refractivity contribution in [2.75, 3.05) is 10.6 Å². The normalized spacial score (nSPS) is 13.9. The zero-order chi connectivity index (χ0) is 18.9. The van der Waals surface area contributed by atoms with Crippen LogP contribution in [0.3, 0.4) is 0 Å². The van der Waals surface area contributed by atoms with E-state index >= 15 is 0 Å². The second-order valence-corrected chi connectivity index (χ2v) is 7.56. The van der Waals surface area contributed by atoms with Crippen LogP contribution in [0.1, 0.15) is 22.3 Å². The van der Waals surface area contributed by atoms with Crippen LogP contribution in [-0.2, 0) is 21.1 Å². The molecule has 1 aliphatic rings. The molecule has 1 aliphatic heterocycles. The number of alkyl halides is 2. The van der Waals surface area contributed by atoms with Crippen molar-refractivity contribution in [2.24, 2.45) is 0 Å². The lowest BCUT2D eigenvalue weighted by atomic mass is 10.0. The number of amides is 2. The zero-order valence-corrected chi connectivity index (χ0v) is 14.1. The Morgan fingerprint density at radius 1 is 1.12 bits per heavy atom. The van der Waals surface area contributed by atoms with Gasteiger partial charge in [-0.05, 0) is 42.3 Å². The highest BCUT2D eigenvalue weighted by Crippen LogP contribution is 2.27. The highest BCUT2D eigenvalue weighted by atomic mass is 32.2. The molecule has 0 bridgehead atoms. The van der Waals surface area contributed by atoms with E-state index in [1.54, 1.807) is 12.1 Å². The number of carbonyl (C=O) groups excluding carboxylic acids is 2. The van der Waals surface area contributed by atoms with Crippen molar-refractivity contribution in [3.05, 3.63) is 53.6 Å². The number of anilines is 2. The van der Waals surface area contributed by atoms with Gasteiger partial charge in [0.2, 0.25) is 15.7 Å². The van der Waals surface area contributed by atoms with Gasteiger partial charge in [0.1, 0.15) is 0 Å². The third-order valence-corrected chi connectivity index (χ3v) is 5.37. The maximum Gasteiger partial charge on any atom is 0.341 e. The maximum absolute atomic E-state index is 12.8. The first-order valence-electron chi connectivity index (χ1n) is 7.64. The van der Waals surface area contributed by atoms with Crippen LogP contribution in [0, 0.1) is 0 Å². The van der Waals surface area contributed by atoms with Gasteiger partial charge in [-0.25, -0.2) is 8.42 Å². The smallest absolute Gasteiger partial charge is 0.326 e. The molecule has 0 unspecified atom stereocenters. The zero-order valence-electron chi connectivity index (χ0n) is 13.3. The van der Waals surface area contributed by atoms with Crippen LogP contribution in [0.25, 0.3) is 0 Å². The molecule has 0 aromatic heterocycles. The summed E-state index contributed by atoms with van der Waals surface area (Å²) in [5.41, 5.74) is 1.46. The molecule has 2 aromatic rings. The van der Waals surface area contributed by atoms with Crippen LogP contribution in [0.15, 0.2) is 47.4 Å². The molecule has 0 radical (unpaired) electrons. The lowest BCUT2D eigenvalue weighted by molar-refractivity contribution is -0.116. The quantitative estimate of drug-likeness (QED) is 0.853. The predicted octanol–water partition coefficient (Wildman–Crippen LogP) is 2.82. The molecule has 0 saturated carbocycles. The first kappa shape index (κ1) is 18.0. The Labute approximate surface area is 148 Å². The van der Waals surface area contributed by atoms with Crippen LogP contribution in [0.2, 0.25) is 0 Å². The molecule has 6 nitrogen and oxygen atoms in total. The summed E-state index contributed by atoms with van der Waals surface area (Å²) in [6.45, 7) is 0. The van der Waals surface area contributed by atoms with Gasteiger partial charge in [0.25, 0.3) is 5.91 Å². The summed E-state index contributed by atoms with van der Waals surface area (Å²) in [6.07, 6.45) is 0.821. The van der Waals surface area contributed by atoms with E-state index in [0.29, 0.717) is 24.2 Å². The van der Waals surface area contributed by atoms with Crippen molar-refractivity contribution in [3.63, 3.8) is 0 Å². The second-order valence-electron chi connectivity index (χ2n) is 5.68. The van der Waals surface area contributed by atoms with Crippen molar-refractivity contribution in [3.8, 4) is 0 Å². The van der Waals surface area contributed by atoms with E-state index in [2.05, 4.69) is 10.6 Å². The van der Waals surface area contributed by atoms with Crippen LogP contribution >= 0.6 is 0 Å². The summed E-state index contributed by atoms with van der Waals surface area (Å²) in [5.74, 6) is -4.53. The van der Waals surface area contributed by atoms with Gasteiger partial charge in [0.15, 0.2) is 0 Å². The molecule has 26 heavy (non-hydrogen) atoms. The third kappa shape index (κ3) is 3.43. The highest BCUT2D eigenvalue weighted by molar-refractivity contribution is 7.91. The lowest BCUT2D eigenvalue weighted by Gasteiger charge is -2.18. The average molecular weight is 380 g/mol. The number of sulfone groups is 1. The van der Waals surface area contributed by atoms with Gasteiger partial charge in [0, 0.05) is 17.8 Å². The van der Waals surface area contributed by atoms with Crippen molar-refractivity contribution >= 4 is 33.0 Å². The molecule has 136 valence electrons. The largest absolute Gasteiger partial charge is 0.341 e. The molecule has 1 heterocycles. The van der Waals surface area contributed by atoms with E-state index < -0.39 is 26.4 Å². The molecule has 0 saturated heterocycles. The minimum Gasteiger partial charge on any atom is -0.326 e. The Morgan fingerprint density at radius 3 is 2.58 bits per heavy atom. The van der Waals surface area contributed by atoms with E-state index in [1.807, 2.05) is 0 Å². The summed E-state index contributed by atoms with van der Waals surface area (Å²) < 4.78 is 49.2. The third-order valence-electron chi connectivity index (χ3n) is 3.93. The van der Waals surface area contributed by atoms with Crippen LogP contribution in [0.4, 0.5) is 20.2 Å². The maximum atomic E-state index is 12.8. The Balaban J connectivity index is 1.89. The molecular weight excluding hydrogens is 366 g/mol. The molecule has 3 rings (SSSR count). The van der Waals surface area contributed by atoms with Crippen molar-refractivity contribution in [2.45, 2.75) is 23.5 Å². The van der Waals surface area contributed by atoms with Crippen molar-refractivity contribution in [1.29, 1.82) is 0 Å². The monoisotopic (exact) mass is 380 g/mol. The lowest BCUT2D eigenvalue weighted by Crippen LogP contribution is -2.21. The summed E-state index contributed by atoms with van der Waals surface area (Å²) in [6, 6.07) is 9.60. The standard InChI is InChI=1S/C17H14F2N2O4S/c18-17(19)26(24,25)14-4-2-1-3-12(14)16(23)20-11-6-7-13-10(9-11)5-8-15(22)21-13/h1-4,6-7,9,17H,5,8H2,(H,20,23)(H,21,22). The molecule has 0 atom stereocenters. The number of hydrogen-bond acceptors (Lipinski definition) is 4. The number of nitrogens with one attached hydrogen (secondary N) is 2. The van der Waals surface area contributed by atoms with Gasteiger partial charge >= 0.3 is 5.76 Å². The molecule has 2 amide bonds. The number of hydrogen-bond donors (Lipinski definition) is 2. The number of aryl methyl sites for hydroxylation is 1. The number of halogens is 2. The first-order valence-corrected chi connectivity index (χ1v) is 9.19. The summed E-state index contributed by atoms with van der Waals surface area (Å²) in [7, 11) is -4.91. The Bertz CT molecular complexity index is 990. The molecular formula is C17H14F2N2O4S. The summed E-state index contributed by atoms with van der Waals surface area (Å²) in [4.78, 5) is 23.1. The number of fused-ring (bicyclic) bond motifs is 1. The topological polar surface area (TPSA) is 92.3 Å². The van der Waals surface area contributed by atoms with E-state index in [4.69, 9.17) is 0 Å². The van der Waals surface area contributed by atoms with E-state index in [9.17, 15) is 26.8 Å². The number of benzene rings is 2. The van der Waals surface area contributed by atoms with Gasteiger partial charge in [-0.1, -0.05) is 12.1 Å². The fourth-order valence-electron chi connectivity index (χ4n) is 2.66. The van der Waals surface area contributed by atoms with E-state index in [-0.39, 0.29) is 11.5 Å². The van der Waals surface area contributed by atoms with E-state index in [0.717, 1.165) is 11.6 Å². The predicted molar refractivity (Wildman–Crippen MR) is 91.0 cm³/mol. The number of carbonyl (C=O) groups is 2. The second kappa shape index (κ2) is 6.83. The molecule has 0 fully saturated rings. The molecule has 0 aliphatic carbocycles. The minimum absolute atomic E-state index is 0.0968. The fourth-order valence-corrected chi connectivity index (χ4v) is 3.59. The SMILES string of the molecule is O=C1CCc2cc(NC(=O)c3ccccc3S(=O)(=O)C(F)F)ccc2N1. The first-order chi connectivity index (χ1) is 12.3. The highest BCUT2D eigenvalue weighted by Gasteiger charge is 2.30. The Kier molecular flexibility index (Phi) is 4.73.